The predicted molar refractivity (Wildman–Crippen MR) is 105 cm³/mol. The molecule has 7 heteroatoms. The summed E-state index contributed by atoms with van der Waals surface area (Å²) >= 11 is 0. The molecule has 0 unspecified atom stereocenters. The first kappa shape index (κ1) is 20.9. The maximum atomic E-state index is 12.2. The van der Waals surface area contributed by atoms with Crippen molar-refractivity contribution in [1.82, 2.24) is 10.3 Å². The van der Waals surface area contributed by atoms with Crippen LogP contribution >= 0.6 is 0 Å². The minimum atomic E-state index is -3.84. The van der Waals surface area contributed by atoms with Crippen LogP contribution in [-0.4, -0.2) is 20.9 Å². The summed E-state index contributed by atoms with van der Waals surface area (Å²) < 4.78 is 29.9. The largest absolute Gasteiger partial charge is 0.484 e. The summed E-state index contributed by atoms with van der Waals surface area (Å²) in [6.07, 6.45) is 0. The van der Waals surface area contributed by atoms with Gasteiger partial charge in [-0.2, -0.15) is 0 Å². The van der Waals surface area contributed by atoms with E-state index in [1.54, 1.807) is 24.3 Å². The van der Waals surface area contributed by atoms with Crippen molar-refractivity contribution >= 4 is 15.9 Å². The van der Waals surface area contributed by atoms with Crippen molar-refractivity contribution in [2.45, 2.75) is 44.9 Å². The summed E-state index contributed by atoms with van der Waals surface area (Å²) in [5.41, 5.74) is 5.19. The first-order valence-electron chi connectivity index (χ1n) is 8.60. The van der Waals surface area contributed by atoms with Gasteiger partial charge in [-0.15, -0.1) is 4.83 Å². The molecule has 0 heterocycles. The van der Waals surface area contributed by atoms with Gasteiger partial charge in [0.25, 0.3) is 15.9 Å². The van der Waals surface area contributed by atoms with Crippen LogP contribution in [0.1, 0.15) is 37.5 Å². The Kier molecular flexibility index (Phi) is 6.28. The number of sulfonamides is 1. The number of aryl methyl sites for hydroxylation is 2. The van der Waals surface area contributed by atoms with Crippen molar-refractivity contribution in [3.05, 3.63) is 59.2 Å². The van der Waals surface area contributed by atoms with Gasteiger partial charge in [0.05, 0.1) is 4.90 Å². The van der Waals surface area contributed by atoms with Crippen LogP contribution in [0.5, 0.6) is 5.75 Å². The number of hydrogen-bond acceptors (Lipinski definition) is 4. The lowest BCUT2D eigenvalue weighted by Gasteiger charge is -2.19. The van der Waals surface area contributed by atoms with E-state index in [1.165, 1.54) is 6.07 Å². The Balaban J connectivity index is 1.89. The molecule has 0 spiro atoms. The third-order valence-corrected chi connectivity index (χ3v) is 5.45. The zero-order valence-electron chi connectivity index (χ0n) is 16.3. The fourth-order valence-corrected chi connectivity index (χ4v) is 3.25. The minimum Gasteiger partial charge on any atom is -0.484 e. The molecule has 27 heavy (non-hydrogen) atoms. The lowest BCUT2D eigenvalue weighted by atomic mass is 9.87. The third kappa shape index (κ3) is 5.80. The van der Waals surface area contributed by atoms with Gasteiger partial charge in [-0.05, 0) is 60.2 Å². The number of carbonyl (C=O) groups excluding carboxylic acids is 1. The number of hydrogen-bond donors (Lipinski definition) is 2. The molecule has 6 nitrogen and oxygen atoms in total. The second-order valence-corrected chi connectivity index (χ2v) is 9.15. The second kappa shape index (κ2) is 8.10. The van der Waals surface area contributed by atoms with Gasteiger partial charge < -0.3 is 4.74 Å². The Morgan fingerprint density at radius 1 is 1.00 bits per heavy atom. The predicted octanol–water partition coefficient (Wildman–Crippen LogP) is 2.99. The molecule has 0 bridgehead atoms. The van der Waals surface area contributed by atoms with Crippen LogP contribution in [0.3, 0.4) is 0 Å². The maximum absolute atomic E-state index is 12.2. The minimum absolute atomic E-state index is 0.0303. The smallest absolute Gasteiger partial charge is 0.272 e. The highest BCUT2D eigenvalue weighted by Crippen LogP contribution is 2.24. The molecule has 0 saturated heterocycles. The summed E-state index contributed by atoms with van der Waals surface area (Å²) in [5, 5.41) is 0. The van der Waals surface area contributed by atoms with Gasteiger partial charge in [0.2, 0.25) is 0 Å². The standard InChI is InChI=1S/C20H26N2O4S/c1-14-6-11-18(12-15(14)2)27(24,25)22-21-19(23)13-26-17-9-7-16(8-10-17)20(3,4)5/h6-12,22H,13H2,1-5H3,(H,21,23). The zero-order chi connectivity index (χ0) is 20.2. The van der Waals surface area contributed by atoms with Crippen molar-refractivity contribution in [1.29, 1.82) is 0 Å². The third-order valence-electron chi connectivity index (χ3n) is 4.20. The van der Waals surface area contributed by atoms with Crippen LogP contribution in [0, 0.1) is 13.8 Å². The van der Waals surface area contributed by atoms with E-state index in [0.29, 0.717) is 5.75 Å². The lowest BCUT2D eigenvalue weighted by Crippen LogP contribution is -2.43. The van der Waals surface area contributed by atoms with Crippen LogP contribution < -0.4 is 15.0 Å². The highest BCUT2D eigenvalue weighted by atomic mass is 32.2. The molecule has 0 aliphatic rings. The second-order valence-electron chi connectivity index (χ2n) is 7.46. The Bertz CT molecular complexity index is 914. The van der Waals surface area contributed by atoms with Gasteiger partial charge >= 0.3 is 0 Å². The molecule has 0 aliphatic heterocycles. The van der Waals surface area contributed by atoms with Gasteiger partial charge in [-0.3, -0.25) is 10.2 Å². The average molecular weight is 391 g/mol. The van der Waals surface area contributed by atoms with E-state index in [2.05, 4.69) is 31.0 Å². The molecule has 0 aliphatic carbocycles. The van der Waals surface area contributed by atoms with Gasteiger partial charge in [-0.1, -0.05) is 39.0 Å². The van der Waals surface area contributed by atoms with Crippen molar-refractivity contribution in [2.75, 3.05) is 6.61 Å². The van der Waals surface area contributed by atoms with Crippen molar-refractivity contribution in [2.24, 2.45) is 0 Å². The molecule has 0 fully saturated rings. The van der Waals surface area contributed by atoms with Gasteiger partial charge in [0.15, 0.2) is 6.61 Å². The van der Waals surface area contributed by atoms with Crippen molar-refractivity contribution in [3.63, 3.8) is 0 Å². The molecule has 0 atom stereocenters. The van der Waals surface area contributed by atoms with Gasteiger partial charge in [-0.25, -0.2) is 8.42 Å². The topological polar surface area (TPSA) is 84.5 Å². The maximum Gasteiger partial charge on any atom is 0.272 e. The number of hydrazine groups is 1. The summed E-state index contributed by atoms with van der Waals surface area (Å²) in [7, 11) is -3.84. The summed E-state index contributed by atoms with van der Waals surface area (Å²) in [4.78, 5) is 14.0. The van der Waals surface area contributed by atoms with Crippen LogP contribution in [0.4, 0.5) is 0 Å². The zero-order valence-corrected chi connectivity index (χ0v) is 17.1. The number of carbonyl (C=O) groups is 1. The van der Waals surface area contributed by atoms with E-state index < -0.39 is 15.9 Å². The summed E-state index contributed by atoms with van der Waals surface area (Å²) in [6, 6.07) is 12.2. The molecule has 146 valence electrons. The fraction of sp³-hybridized carbons (Fsp3) is 0.350. The summed E-state index contributed by atoms with van der Waals surface area (Å²) in [6.45, 7) is 9.75. The molecule has 0 radical (unpaired) electrons. The Labute approximate surface area is 161 Å². The van der Waals surface area contributed by atoms with E-state index in [1.807, 2.05) is 26.0 Å². The van der Waals surface area contributed by atoms with E-state index >= 15 is 0 Å². The molecular weight excluding hydrogens is 364 g/mol. The number of benzene rings is 2. The number of amides is 1. The van der Waals surface area contributed by atoms with E-state index in [4.69, 9.17) is 4.74 Å². The molecular formula is C20H26N2O4S. The van der Waals surface area contributed by atoms with E-state index in [9.17, 15) is 13.2 Å². The van der Waals surface area contributed by atoms with Crippen LogP contribution in [-0.2, 0) is 20.2 Å². The Morgan fingerprint density at radius 3 is 2.19 bits per heavy atom. The SMILES string of the molecule is Cc1ccc(S(=O)(=O)NNC(=O)COc2ccc(C(C)(C)C)cc2)cc1C. The normalized spacial score (nSPS) is 11.9. The highest BCUT2D eigenvalue weighted by Gasteiger charge is 2.16. The lowest BCUT2D eigenvalue weighted by molar-refractivity contribution is -0.123. The Hall–Kier alpha value is -2.38. The molecule has 1 amide bonds. The van der Waals surface area contributed by atoms with Crippen LogP contribution in [0.15, 0.2) is 47.4 Å². The Morgan fingerprint density at radius 2 is 1.63 bits per heavy atom. The van der Waals surface area contributed by atoms with E-state index in [-0.39, 0.29) is 16.9 Å². The molecule has 2 N–H and O–H groups in total. The molecule has 2 aromatic carbocycles. The number of rotatable bonds is 6. The van der Waals surface area contributed by atoms with E-state index in [0.717, 1.165) is 16.7 Å². The fourth-order valence-electron chi connectivity index (χ4n) is 2.30. The van der Waals surface area contributed by atoms with Gasteiger partial charge in [0.1, 0.15) is 5.75 Å². The average Bonchev–Trinajstić information content (AvgIpc) is 2.60. The quantitative estimate of drug-likeness (QED) is 0.743. The first-order valence-corrected chi connectivity index (χ1v) is 10.1. The summed E-state index contributed by atoms with van der Waals surface area (Å²) in [5.74, 6) is -0.0579. The van der Waals surface area contributed by atoms with Gasteiger partial charge in [0, 0.05) is 0 Å². The van der Waals surface area contributed by atoms with Crippen molar-refractivity contribution in [3.8, 4) is 5.75 Å². The molecule has 0 aromatic heterocycles. The molecule has 2 aromatic rings. The van der Waals surface area contributed by atoms with Crippen LogP contribution in [0.2, 0.25) is 0 Å². The first-order chi connectivity index (χ1) is 12.5. The number of ether oxygens (including phenoxy) is 1. The van der Waals surface area contributed by atoms with Crippen molar-refractivity contribution < 1.29 is 17.9 Å². The molecule has 2 rings (SSSR count). The monoisotopic (exact) mass is 390 g/mol. The molecule has 0 saturated carbocycles. The number of nitrogens with one attached hydrogen (secondary N) is 2. The highest BCUT2D eigenvalue weighted by molar-refractivity contribution is 7.89. The van der Waals surface area contributed by atoms with Crippen LogP contribution in [0.25, 0.3) is 0 Å².